The molecule has 0 fully saturated rings. The van der Waals surface area contributed by atoms with Crippen molar-refractivity contribution in [3.05, 3.63) is 29.0 Å². The van der Waals surface area contributed by atoms with Crippen LogP contribution in [0.1, 0.15) is 12.5 Å². The van der Waals surface area contributed by atoms with E-state index in [9.17, 15) is 0 Å². The lowest BCUT2D eigenvalue weighted by Crippen LogP contribution is -2.27. The van der Waals surface area contributed by atoms with Gasteiger partial charge in [-0.15, -0.1) is 0 Å². The summed E-state index contributed by atoms with van der Waals surface area (Å²) >= 11 is 5.65. The minimum atomic E-state index is 0.206. The lowest BCUT2D eigenvalue weighted by atomic mass is 10.2. The third-order valence-electron chi connectivity index (χ3n) is 1.90. The minimum Gasteiger partial charge on any atom is -0.343 e. The Kier molecular flexibility index (Phi) is 4.07. The fraction of sp³-hybridized carbons (Fsp3) is 0.300. The Morgan fingerprint density at radius 2 is 2.40 bits per heavy atom. The highest BCUT2D eigenvalue weighted by Crippen LogP contribution is 2.08. The quantitative estimate of drug-likeness (QED) is 0.369. The number of amidine groups is 1. The third kappa shape index (κ3) is 3.56. The molecule has 1 aromatic heterocycles. The lowest BCUT2D eigenvalue weighted by molar-refractivity contribution is 0.454. The molecular weight excluding hydrogens is 212 g/mol. The summed E-state index contributed by atoms with van der Waals surface area (Å²) in [4.78, 5) is 5.59. The van der Waals surface area contributed by atoms with Gasteiger partial charge in [0.1, 0.15) is 11.7 Å². The molecule has 4 nitrogen and oxygen atoms in total. The van der Waals surface area contributed by atoms with Crippen LogP contribution >= 0.6 is 11.6 Å². The monoisotopic (exact) mass is 222 g/mol. The topological polar surface area (TPSA) is 63.8 Å². The van der Waals surface area contributed by atoms with Gasteiger partial charge in [0, 0.05) is 12.7 Å². The van der Waals surface area contributed by atoms with E-state index in [1.807, 2.05) is 12.1 Å². The molecule has 0 aromatic carbocycles. The van der Waals surface area contributed by atoms with Crippen LogP contribution in [0.15, 0.2) is 18.3 Å². The highest BCUT2D eigenvalue weighted by Gasteiger charge is 2.05. The molecule has 0 atom stereocenters. The zero-order chi connectivity index (χ0) is 11.3. The van der Waals surface area contributed by atoms with E-state index >= 15 is 0 Å². The maximum Gasteiger partial charge on any atom is 0.129 e. The minimum absolute atomic E-state index is 0.206. The molecule has 0 saturated heterocycles. The molecule has 5 heteroatoms. The summed E-state index contributed by atoms with van der Waals surface area (Å²) in [6.07, 6.45) is 1.65. The van der Waals surface area contributed by atoms with Crippen molar-refractivity contribution in [1.29, 1.82) is 10.7 Å². The van der Waals surface area contributed by atoms with Crippen LogP contribution in [-0.2, 0) is 6.54 Å². The first kappa shape index (κ1) is 11.5. The van der Waals surface area contributed by atoms with E-state index in [2.05, 4.69) is 4.98 Å². The SMILES string of the molecule is CC(=N)N(CC#N)Cc1ccc(Cl)nc1. The molecule has 0 saturated carbocycles. The summed E-state index contributed by atoms with van der Waals surface area (Å²) in [6, 6.07) is 5.55. The predicted octanol–water partition coefficient (Wildman–Crippen LogP) is 2.06. The Morgan fingerprint density at radius 1 is 1.67 bits per heavy atom. The smallest absolute Gasteiger partial charge is 0.129 e. The van der Waals surface area contributed by atoms with Gasteiger partial charge < -0.3 is 4.90 Å². The molecule has 0 radical (unpaired) electrons. The number of hydrogen-bond donors (Lipinski definition) is 1. The molecule has 0 unspecified atom stereocenters. The average Bonchev–Trinajstić information content (AvgIpc) is 2.20. The van der Waals surface area contributed by atoms with Gasteiger partial charge in [0.25, 0.3) is 0 Å². The number of halogens is 1. The van der Waals surface area contributed by atoms with Crippen LogP contribution in [0.3, 0.4) is 0 Å². The molecule has 78 valence electrons. The predicted molar refractivity (Wildman–Crippen MR) is 58.7 cm³/mol. The van der Waals surface area contributed by atoms with Gasteiger partial charge in [0.15, 0.2) is 0 Å². The van der Waals surface area contributed by atoms with Gasteiger partial charge in [0.05, 0.1) is 11.9 Å². The standard InChI is InChI=1S/C10H11ClN4/c1-8(13)15(5-4-12)7-9-2-3-10(11)14-6-9/h2-3,6,13H,5,7H2,1H3. The van der Waals surface area contributed by atoms with E-state index in [-0.39, 0.29) is 6.54 Å². The van der Waals surface area contributed by atoms with Crippen molar-refractivity contribution < 1.29 is 0 Å². The van der Waals surface area contributed by atoms with Gasteiger partial charge in [-0.1, -0.05) is 17.7 Å². The number of aromatic nitrogens is 1. The van der Waals surface area contributed by atoms with Gasteiger partial charge in [0.2, 0.25) is 0 Å². The van der Waals surface area contributed by atoms with Crippen molar-refractivity contribution >= 4 is 17.4 Å². The van der Waals surface area contributed by atoms with Crippen LogP contribution in [0.2, 0.25) is 5.15 Å². The first-order valence-electron chi connectivity index (χ1n) is 4.41. The maximum atomic E-state index is 8.58. The molecule has 1 heterocycles. The van der Waals surface area contributed by atoms with E-state index in [4.69, 9.17) is 22.3 Å². The number of nitrogens with zero attached hydrogens (tertiary/aromatic N) is 3. The summed E-state index contributed by atoms with van der Waals surface area (Å²) in [5.41, 5.74) is 0.932. The first-order valence-corrected chi connectivity index (χ1v) is 4.78. The lowest BCUT2D eigenvalue weighted by Gasteiger charge is -2.19. The first-order chi connectivity index (χ1) is 7.13. The molecular formula is C10H11ClN4. The third-order valence-corrected chi connectivity index (χ3v) is 2.12. The maximum absolute atomic E-state index is 8.58. The Balaban J connectivity index is 2.70. The van der Waals surface area contributed by atoms with Gasteiger partial charge in [-0.3, -0.25) is 5.41 Å². The second-order valence-electron chi connectivity index (χ2n) is 3.09. The Labute approximate surface area is 93.6 Å². The molecule has 0 aliphatic rings. The number of hydrogen-bond acceptors (Lipinski definition) is 3. The number of rotatable bonds is 3. The Hall–Kier alpha value is -1.60. The van der Waals surface area contributed by atoms with Crippen LogP contribution in [-0.4, -0.2) is 22.3 Å². The number of nitrogens with one attached hydrogen (secondary N) is 1. The molecule has 0 aliphatic carbocycles. The summed E-state index contributed by atoms with van der Waals surface area (Å²) < 4.78 is 0. The van der Waals surface area contributed by atoms with Gasteiger partial charge in [-0.25, -0.2) is 4.98 Å². The van der Waals surface area contributed by atoms with Crippen LogP contribution in [0.5, 0.6) is 0 Å². The van der Waals surface area contributed by atoms with Gasteiger partial charge in [-0.05, 0) is 18.6 Å². The normalized spacial score (nSPS) is 9.40. The van der Waals surface area contributed by atoms with Crippen LogP contribution < -0.4 is 0 Å². The van der Waals surface area contributed by atoms with E-state index in [0.29, 0.717) is 17.5 Å². The molecule has 1 aromatic rings. The highest BCUT2D eigenvalue weighted by atomic mass is 35.5. The Morgan fingerprint density at radius 3 is 2.87 bits per heavy atom. The van der Waals surface area contributed by atoms with E-state index < -0.39 is 0 Å². The van der Waals surface area contributed by atoms with Gasteiger partial charge in [-0.2, -0.15) is 5.26 Å². The summed E-state index contributed by atoms with van der Waals surface area (Å²) in [5.74, 6) is 0.367. The second kappa shape index (κ2) is 5.32. The Bertz CT molecular complexity index is 379. The van der Waals surface area contributed by atoms with Crippen molar-refractivity contribution in [2.45, 2.75) is 13.5 Å². The van der Waals surface area contributed by atoms with Gasteiger partial charge >= 0.3 is 0 Å². The molecule has 0 bridgehead atoms. The zero-order valence-electron chi connectivity index (χ0n) is 8.37. The summed E-state index contributed by atoms with van der Waals surface area (Å²) in [7, 11) is 0. The van der Waals surface area contributed by atoms with E-state index in [0.717, 1.165) is 5.56 Å². The van der Waals surface area contributed by atoms with E-state index in [1.54, 1.807) is 24.1 Å². The fourth-order valence-corrected chi connectivity index (χ4v) is 1.21. The molecule has 1 rings (SSSR count). The largest absolute Gasteiger partial charge is 0.343 e. The van der Waals surface area contributed by atoms with Crippen molar-refractivity contribution in [3.8, 4) is 6.07 Å². The molecule has 0 aliphatic heterocycles. The second-order valence-corrected chi connectivity index (χ2v) is 3.48. The average molecular weight is 223 g/mol. The zero-order valence-corrected chi connectivity index (χ0v) is 9.12. The summed E-state index contributed by atoms with van der Waals surface area (Å²) in [5, 5.41) is 16.5. The highest BCUT2D eigenvalue weighted by molar-refractivity contribution is 6.29. The van der Waals surface area contributed by atoms with Crippen LogP contribution in [0.4, 0.5) is 0 Å². The van der Waals surface area contributed by atoms with E-state index in [1.165, 1.54) is 0 Å². The fourth-order valence-electron chi connectivity index (χ4n) is 1.10. The number of nitriles is 1. The van der Waals surface area contributed by atoms with Crippen molar-refractivity contribution in [2.24, 2.45) is 0 Å². The van der Waals surface area contributed by atoms with Crippen molar-refractivity contribution in [3.63, 3.8) is 0 Å². The summed E-state index contributed by atoms with van der Waals surface area (Å²) in [6.45, 7) is 2.37. The van der Waals surface area contributed by atoms with Crippen molar-refractivity contribution in [2.75, 3.05) is 6.54 Å². The number of pyridine rings is 1. The van der Waals surface area contributed by atoms with Crippen LogP contribution in [0, 0.1) is 16.7 Å². The molecule has 15 heavy (non-hydrogen) atoms. The van der Waals surface area contributed by atoms with Crippen molar-refractivity contribution in [1.82, 2.24) is 9.88 Å². The molecule has 0 amide bonds. The van der Waals surface area contributed by atoms with Crippen LogP contribution in [0.25, 0.3) is 0 Å². The molecule has 0 spiro atoms. The molecule has 1 N–H and O–H groups in total.